The Morgan fingerprint density at radius 1 is 1.17 bits per heavy atom. The zero-order chi connectivity index (χ0) is 14.3. The summed E-state index contributed by atoms with van der Waals surface area (Å²) in [5, 5.41) is 17.0. The highest BCUT2D eigenvalue weighted by Crippen LogP contribution is 2.05. The van der Waals surface area contributed by atoms with Crippen LogP contribution in [0.5, 0.6) is 0 Å². The topological polar surface area (TPSA) is 101 Å². The van der Waals surface area contributed by atoms with Crippen molar-refractivity contribution in [3.05, 3.63) is 12.2 Å². The van der Waals surface area contributed by atoms with Gasteiger partial charge in [0, 0.05) is 12.2 Å². The molecule has 0 saturated carbocycles. The number of esters is 1. The number of carboxylic acid groups (broad SMARTS) is 2. The average molecular weight is 260 g/mol. The highest BCUT2D eigenvalue weighted by atomic mass is 16.5. The van der Waals surface area contributed by atoms with E-state index in [-0.39, 0.29) is 6.42 Å². The number of carbonyl (C=O) groups excluding carboxylic acids is 1. The second kappa shape index (κ2) is 6.75. The quantitative estimate of drug-likeness (QED) is 0.371. The van der Waals surface area contributed by atoms with E-state index in [1.807, 2.05) is 21.1 Å². The molecule has 7 heteroatoms. The van der Waals surface area contributed by atoms with Crippen LogP contribution in [0, 0.1) is 0 Å². The number of quaternary nitrogens is 1. The second-order valence-corrected chi connectivity index (χ2v) is 4.80. The SMILES string of the molecule is C[N+](C)(C)CC(CC(=O)O)OC(=O)/C=C\C(=O)O. The summed E-state index contributed by atoms with van der Waals surface area (Å²) in [4.78, 5) is 32.1. The fourth-order valence-electron chi connectivity index (χ4n) is 1.29. The fourth-order valence-corrected chi connectivity index (χ4v) is 1.29. The summed E-state index contributed by atoms with van der Waals surface area (Å²) in [6.45, 7) is 0.318. The summed E-state index contributed by atoms with van der Waals surface area (Å²) in [5.74, 6) is -3.21. The molecule has 0 heterocycles. The molecule has 0 aromatic heterocycles. The van der Waals surface area contributed by atoms with E-state index in [0.717, 1.165) is 6.08 Å². The van der Waals surface area contributed by atoms with Crippen LogP contribution in [-0.2, 0) is 19.1 Å². The Balaban J connectivity index is 4.54. The van der Waals surface area contributed by atoms with Crippen molar-refractivity contribution >= 4 is 17.9 Å². The van der Waals surface area contributed by atoms with Gasteiger partial charge in [-0.15, -0.1) is 0 Å². The minimum absolute atomic E-state index is 0.317. The highest BCUT2D eigenvalue weighted by molar-refractivity contribution is 5.90. The normalized spacial score (nSPS) is 13.3. The lowest BCUT2D eigenvalue weighted by atomic mass is 10.2. The molecule has 0 saturated heterocycles. The van der Waals surface area contributed by atoms with E-state index >= 15 is 0 Å². The number of nitrogens with zero attached hydrogens (tertiary/aromatic N) is 1. The molecule has 0 spiro atoms. The van der Waals surface area contributed by atoms with Crippen molar-refractivity contribution in [2.45, 2.75) is 12.5 Å². The third-order valence-electron chi connectivity index (χ3n) is 1.80. The van der Waals surface area contributed by atoms with Crippen LogP contribution in [0.15, 0.2) is 12.2 Å². The summed E-state index contributed by atoms with van der Waals surface area (Å²) < 4.78 is 5.33. The minimum Gasteiger partial charge on any atom is -0.481 e. The van der Waals surface area contributed by atoms with Gasteiger partial charge >= 0.3 is 17.9 Å². The molecule has 0 aliphatic carbocycles. The molecule has 18 heavy (non-hydrogen) atoms. The van der Waals surface area contributed by atoms with Gasteiger partial charge in [-0.05, 0) is 0 Å². The average Bonchev–Trinajstić information content (AvgIpc) is 2.10. The minimum atomic E-state index is -1.27. The van der Waals surface area contributed by atoms with E-state index in [1.165, 1.54) is 0 Å². The predicted molar refractivity (Wildman–Crippen MR) is 61.8 cm³/mol. The molecule has 0 aromatic rings. The standard InChI is InChI=1S/C11H17NO6/c1-12(2,3)7-8(6-10(15)16)18-11(17)5-4-9(13)14/h4-5,8H,6-7H2,1-3H3,(H-,13,14,15,16)/p+1/b5-4-. The van der Waals surface area contributed by atoms with Crippen LogP contribution in [0.1, 0.15) is 6.42 Å². The Labute approximate surface area is 105 Å². The van der Waals surface area contributed by atoms with Gasteiger partial charge in [0.25, 0.3) is 0 Å². The number of rotatable bonds is 7. The summed E-state index contributed by atoms with van der Waals surface area (Å²) in [6.07, 6.45) is 0.287. The molecule has 0 aliphatic rings. The Bertz CT molecular complexity index is 355. The van der Waals surface area contributed by atoms with E-state index in [4.69, 9.17) is 14.9 Å². The van der Waals surface area contributed by atoms with Gasteiger partial charge in [-0.3, -0.25) is 4.79 Å². The first-order valence-corrected chi connectivity index (χ1v) is 5.24. The lowest BCUT2D eigenvalue weighted by Crippen LogP contribution is -2.43. The Morgan fingerprint density at radius 3 is 2.11 bits per heavy atom. The lowest BCUT2D eigenvalue weighted by Gasteiger charge is -2.28. The molecule has 0 rings (SSSR count). The van der Waals surface area contributed by atoms with Crippen LogP contribution in [0.2, 0.25) is 0 Å². The summed E-state index contributed by atoms with van der Waals surface area (Å²) >= 11 is 0. The lowest BCUT2D eigenvalue weighted by molar-refractivity contribution is -0.873. The fraction of sp³-hybridized carbons (Fsp3) is 0.545. The Kier molecular flexibility index (Phi) is 6.04. The second-order valence-electron chi connectivity index (χ2n) is 4.80. The molecule has 1 unspecified atom stereocenters. The number of ether oxygens (including phenoxy) is 1. The third kappa shape index (κ3) is 9.34. The van der Waals surface area contributed by atoms with Gasteiger partial charge in [-0.2, -0.15) is 0 Å². The van der Waals surface area contributed by atoms with E-state index in [1.54, 1.807) is 0 Å². The highest BCUT2D eigenvalue weighted by Gasteiger charge is 2.24. The molecule has 1 atom stereocenters. The molecule has 7 nitrogen and oxygen atoms in total. The maximum atomic E-state index is 11.3. The predicted octanol–water partition coefficient (Wildman–Crippen LogP) is -0.280. The van der Waals surface area contributed by atoms with Crippen LogP contribution >= 0.6 is 0 Å². The molecule has 0 aromatic carbocycles. The number of likely N-dealkylation sites (N-methyl/N-ethyl adjacent to an activating group) is 1. The first-order chi connectivity index (χ1) is 8.10. The monoisotopic (exact) mass is 260 g/mol. The summed E-state index contributed by atoms with van der Waals surface area (Å²) in [5.41, 5.74) is 0. The molecule has 2 N–H and O–H groups in total. The van der Waals surface area contributed by atoms with Crippen LogP contribution in [0.3, 0.4) is 0 Å². The van der Waals surface area contributed by atoms with Gasteiger partial charge in [0.15, 0.2) is 6.10 Å². The summed E-state index contributed by atoms with van der Waals surface area (Å²) in [6, 6.07) is 0. The van der Waals surface area contributed by atoms with E-state index < -0.39 is 24.0 Å². The van der Waals surface area contributed by atoms with Crippen LogP contribution in [0.4, 0.5) is 0 Å². The maximum Gasteiger partial charge on any atom is 0.331 e. The number of aliphatic carboxylic acids is 2. The van der Waals surface area contributed by atoms with Gasteiger partial charge < -0.3 is 19.4 Å². The Hall–Kier alpha value is -1.89. The van der Waals surface area contributed by atoms with E-state index in [9.17, 15) is 14.4 Å². The van der Waals surface area contributed by atoms with Gasteiger partial charge in [-0.1, -0.05) is 0 Å². The number of carbonyl (C=O) groups is 3. The molecule has 0 bridgehead atoms. The van der Waals surface area contributed by atoms with Crippen molar-refractivity contribution in [3.63, 3.8) is 0 Å². The molecular formula is C11H18NO6+. The van der Waals surface area contributed by atoms with Gasteiger partial charge in [0.2, 0.25) is 0 Å². The number of hydrogen-bond acceptors (Lipinski definition) is 4. The maximum absolute atomic E-state index is 11.3. The molecule has 0 aliphatic heterocycles. The van der Waals surface area contributed by atoms with Crippen LogP contribution < -0.4 is 0 Å². The van der Waals surface area contributed by atoms with Crippen molar-refractivity contribution < 1.29 is 33.8 Å². The zero-order valence-electron chi connectivity index (χ0n) is 10.6. The van der Waals surface area contributed by atoms with Crippen molar-refractivity contribution in [3.8, 4) is 0 Å². The van der Waals surface area contributed by atoms with E-state index in [2.05, 4.69) is 0 Å². The van der Waals surface area contributed by atoms with Crippen LogP contribution in [-0.4, -0.2) is 66.4 Å². The van der Waals surface area contributed by atoms with E-state index in [0.29, 0.717) is 17.1 Å². The van der Waals surface area contributed by atoms with Crippen molar-refractivity contribution in [2.75, 3.05) is 27.7 Å². The molecule has 0 fully saturated rings. The van der Waals surface area contributed by atoms with Crippen molar-refractivity contribution in [1.82, 2.24) is 0 Å². The first-order valence-electron chi connectivity index (χ1n) is 5.24. The smallest absolute Gasteiger partial charge is 0.331 e. The summed E-state index contributed by atoms with van der Waals surface area (Å²) in [7, 11) is 5.49. The van der Waals surface area contributed by atoms with Crippen molar-refractivity contribution in [1.29, 1.82) is 0 Å². The third-order valence-corrected chi connectivity index (χ3v) is 1.80. The molecule has 0 amide bonds. The molecule has 102 valence electrons. The Morgan fingerprint density at radius 2 is 1.72 bits per heavy atom. The molecule has 0 radical (unpaired) electrons. The first kappa shape index (κ1) is 16.1. The largest absolute Gasteiger partial charge is 0.481 e. The van der Waals surface area contributed by atoms with Crippen molar-refractivity contribution in [2.24, 2.45) is 0 Å². The zero-order valence-corrected chi connectivity index (χ0v) is 10.6. The van der Waals surface area contributed by atoms with Gasteiger partial charge in [0.05, 0.1) is 27.6 Å². The van der Waals surface area contributed by atoms with Gasteiger partial charge in [-0.25, -0.2) is 9.59 Å². The molecular weight excluding hydrogens is 242 g/mol. The van der Waals surface area contributed by atoms with Gasteiger partial charge in [0.1, 0.15) is 6.54 Å². The number of carboxylic acids is 2. The number of hydrogen-bond donors (Lipinski definition) is 2. The van der Waals surface area contributed by atoms with Crippen LogP contribution in [0.25, 0.3) is 0 Å².